The highest BCUT2D eigenvalue weighted by Gasteiger charge is 2.16. The summed E-state index contributed by atoms with van der Waals surface area (Å²) in [6, 6.07) is 15.7. The molecule has 140 valence electrons. The molecule has 0 atom stereocenters. The number of carboxylic acid groups (broad SMARTS) is 1. The van der Waals surface area contributed by atoms with Crippen molar-refractivity contribution in [2.75, 3.05) is 5.32 Å². The van der Waals surface area contributed by atoms with Crippen molar-refractivity contribution < 1.29 is 14.7 Å². The van der Waals surface area contributed by atoms with Crippen LogP contribution < -0.4 is 10.9 Å². The van der Waals surface area contributed by atoms with Gasteiger partial charge in [0.25, 0.3) is 5.56 Å². The van der Waals surface area contributed by atoms with Crippen LogP contribution in [0.1, 0.15) is 16.1 Å². The smallest absolute Gasteiger partial charge is 0.356 e. The third-order valence-corrected chi connectivity index (χ3v) is 4.53. The van der Waals surface area contributed by atoms with Gasteiger partial charge in [-0.05, 0) is 23.8 Å². The molecule has 0 fully saturated rings. The number of hydrogen-bond acceptors (Lipinski definition) is 4. The molecule has 2 aromatic heterocycles. The SMILES string of the molecule is Cn1c2ccc(NC(=O)Cc3ccccc3)cc2c(=O)n2nc(C(=O)O)cc12. The van der Waals surface area contributed by atoms with Crippen molar-refractivity contribution in [2.24, 2.45) is 7.05 Å². The Labute approximate surface area is 158 Å². The number of anilines is 1. The number of hydrogen-bond donors (Lipinski definition) is 2. The highest BCUT2D eigenvalue weighted by atomic mass is 16.4. The first-order valence-corrected chi connectivity index (χ1v) is 8.53. The van der Waals surface area contributed by atoms with E-state index in [1.807, 2.05) is 30.3 Å². The Hall–Kier alpha value is -3.94. The predicted octanol–water partition coefficient (Wildman–Crippen LogP) is 2.07. The minimum atomic E-state index is -1.21. The second-order valence-corrected chi connectivity index (χ2v) is 6.41. The lowest BCUT2D eigenvalue weighted by atomic mass is 10.1. The monoisotopic (exact) mass is 376 g/mol. The molecule has 4 aromatic rings. The van der Waals surface area contributed by atoms with E-state index in [1.54, 1.807) is 29.8 Å². The van der Waals surface area contributed by atoms with Gasteiger partial charge in [0, 0.05) is 18.8 Å². The predicted molar refractivity (Wildman–Crippen MR) is 104 cm³/mol. The Kier molecular flexibility index (Phi) is 4.15. The Morgan fingerprint density at radius 1 is 1.11 bits per heavy atom. The van der Waals surface area contributed by atoms with Gasteiger partial charge in [-0.1, -0.05) is 30.3 Å². The quantitative estimate of drug-likeness (QED) is 0.567. The third kappa shape index (κ3) is 3.01. The number of benzene rings is 2. The highest BCUT2D eigenvalue weighted by molar-refractivity contribution is 5.95. The summed E-state index contributed by atoms with van der Waals surface area (Å²) in [4.78, 5) is 36.2. The van der Waals surface area contributed by atoms with Crippen LogP contribution in [0.3, 0.4) is 0 Å². The average molecular weight is 376 g/mol. The number of fused-ring (bicyclic) bond motifs is 2. The van der Waals surface area contributed by atoms with Crippen LogP contribution in [0.15, 0.2) is 59.4 Å². The maximum Gasteiger partial charge on any atom is 0.356 e. The summed E-state index contributed by atoms with van der Waals surface area (Å²) in [5, 5.41) is 16.1. The van der Waals surface area contributed by atoms with E-state index in [2.05, 4.69) is 10.4 Å². The topological polar surface area (TPSA) is 106 Å². The average Bonchev–Trinajstić information content (AvgIpc) is 3.13. The van der Waals surface area contributed by atoms with Crippen LogP contribution in [0, 0.1) is 0 Å². The third-order valence-electron chi connectivity index (χ3n) is 4.53. The number of carbonyl (C=O) groups is 2. The molecule has 0 aliphatic rings. The van der Waals surface area contributed by atoms with Gasteiger partial charge in [0.05, 0.1) is 17.3 Å². The van der Waals surface area contributed by atoms with Gasteiger partial charge in [-0.25, -0.2) is 4.79 Å². The van der Waals surface area contributed by atoms with Crippen LogP contribution in [0.2, 0.25) is 0 Å². The minimum absolute atomic E-state index is 0.198. The Bertz CT molecular complexity index is 1290. The second-order valence-electron chi connectivity index (χ2n) is 6.41. The van der Waals surface area contributed by atoms with Crippen LogP contribution in [0.25, 0.3) is 16.6 Å². The molecule has 0 saturated heterocycles. The van der Waals surface area contributed by atoms with Crippen molar-refractivity contribution >= 4 is 34.1 Å². The zero-order valence-corrected chi connectivity index (χ0v) is 14.9. The lowest BCUT2D eigenvalue weighted by Crippen LogP contribution is -2.19. The summed E-state index contributed by atoms with van der Waals surface area (Å²) in [7, 11) is 1.72. The Morgan fingerprint density at radius 3 is 2.57 bits per heavy atom. The van der Waals surface area contributed by atoms with Crippen molar-refractivity contribution in [2.45, 2.75) is 6.42 Å². The van der Waals surface area contributed by atoms with Gasteiger partial charge in [0.15, 0.2) is 5.69 Å². The molecule has 2 aromatic carbocycles. The molecular formula is C20H16N4O4. The molecule has 0 saturated carbocycles. The van der Waals surface area contributed by atoms with Crippen LogP contribution >= 0.6 is 0 Å². The van der Waals surface area contributed by atoms with Crippen molar-refractivity contribution in [3.63, 3.8) is 0 Å². The normalized spacial score (nSPS) is 11.0. The van der Waals surface area contributed by atoms with Gasteiger partial charge in [0.1, 0.15) is 5.65 Å². The molecule has 4 rings (SSSR count). The van der Waals surface area contributed by atoms with Crippen molar-refractivity contribution in [3.8, 4) is 0 Å². The van der Waals surface area contributed by atoms with Gasteiger partial charge in [-0.3, -0.25) is 9.59 Å². The number of nitrogens with one attached hydrogen (secondary N) is 1. The van der Waals surface area contributed by atoms with Gasteiger partial charge < -0.3 is 15.0 Å². The molecule has 0 spiro atoms. The number of aryl methyl sites for hydroxylation is 1. The molecule has 0 aliphatic carbocycles. The number of carbonyl (C=O) groups excluding carboxylic acids is 1. The second kappa shape index (κ2) is 6.66. The van der Waals surface area contributed by atoms with Gasteiger partial charge in [0.2, 0.25) is 5.91 Å². The zero-order chi connectivity index (χ0) is 19.8. The fourth-order valence-corrected chi connectivity index (χ4v) is 3.17. The van der Waals surface area contributed by atoms with E-state index in [0.29, 0.717) is 22.2 Å². The van der Waals surface area contributed by atoms with Crippen LogP contribution in [-0.4, -0.2) is 31.2 Å². The largest absolute Gasteiger partial charge is 0.476 e. The van der Waals surface area contributed by atoms with Crippen molar-refractivity contribution in [1.82, 2.24) is 14.2 Å². The number of rotatable bonds is 4. The van der Waals surface area contributed by atoms with Crippen LogP contribution in [0.4, 0.5) is 5.69 Å². The molecule has 2 N–H and O–H groups in total. The molecule has 0 bridgehead atoms. The summed E-state index contributed by atoms with van der Waals surface area (Å²) in [6.45, 7) is 0. The van der Waals surface area contributed by atoms with Crippen LogP contribution in [0.5, 0.6) is 0 Å². The molecule has 1 amide bonds. The van der Waals surface area contributed by atoms with E-state index < -0.39 is 11.5 Å². The molecule has 2 heterocycles. The Balaban J connectivity index is 1.73. The minimum Gasteiger partial charge on any atom is -0.476 e. The number of amides is 1. The summed E-state index contributed by atoms with van der Waals surface area (Å²) in [6.07, 6.45) is 0.219. The first-order valence-electron chi connectivity index (χ1n) is 8.53. The fraction of sp³-hybridized carbons (Fsp3) is 0.100. The number of carboxylic acids is 1. The maximum atomic E-state index is 12.8. The fourth-order valence-electron chi connectivity index (χ4n) is 3.17. The Morgan fingerprint density at radius 2 is 1.86 bits per heavy atom. The molecular weight excluding hydrogens is 360 g/mol. The molecule has 0 aliphatic heterocycles. The van der Waals surface area contributed by atoms with E-state index >= 15 is 0 Å². The summed E-state index contributed by atoms with van der Waals surface area (Å²) < 4.78 is 2.74. The van der Waals surface area contributed by atoms with E-state index in [4.69, 9.17) is 5.11 Å². The first-order chi connectivity index (χ1) is 13.4. The van der Waals surface area contributed by atoms with E-state index in [0.717, 1.165) is 10.1 Å². The summed E-state index contributed by atoms with van der Waals surface area (Å²) in [5.74, 6) is -1.41. The highest BCUT2D eigenvalue weighted by Crippen LogP contribution is 2.19. The molecule has 0 radical (unpaired) electrons. The maximum absolute atomic E-state index is 12.8. The van der Waals surface area contributed by atoms with Crippen molar-refractivity contribution in [3.05, 3.63) is 76.2 Å². The summed E-state index contributed by atoms with van der Waals surface area (Å²) >= 11 is 0. The number of aromatic carboxylic acids is 1. The van der Waals surface area contributed by atoms with E-state index in [-0.39, 0.29) is 18.0 Å². The first kappa shape index (κ1) is 17.5. The standard InChI is InChI=1S/C20H16N4O4/c1-23-16-8-7-13(21-17(25)9-12-5-3-2-4-6-12)10-14(16)19(26)24-18(23)11-15(22-24)20(27)28/h2-8,10-11H,9H2,1H3,(H,21,25)(H,27,28). The van der Waals surface area contributed by atoms with Gasteiger partial charge >= 0.3 is 5.97 Å². The molecule has 8 nitrogen and oxygen atoms in total. The number of nitrogens with zero attached hydrogens (tertiary/aromatic N) is 3. The zero-order valence-electron chi connectivity index (χ0n) is 14.9. The van der Waals surface area contributed by atoms with E-state index in [9.17, 15) is 14.4 Å². The van der Waals surface area contributed by atoms with Gasteiger partial charge in [-0.2, -0.15) is 9.61 Å². The summed E-state index contributed by atoms with van der Waals surface area (Å²) in [5.41, 5.74) is 1.69. The molecule has 8 heteroatoms. The molecule has 28 heavy (non-hydrogen) atoms. The lowest BCUT2D eigenvalue weighted by molar-refractivity contribution is -0.115. The van der Waals surface area contributed by atoms with Crippen LogP contribution in [-0.2, 0) is 18.3 Å². The molecule has 0 unspecified atom stereocenters. The lowest BCUT2D eigenvalue weighted by Gasteiger charge is -2.10. The van der Waals surface area contributed by atoms with E-state index in [1.165, 1.54) is 6.07 Å². The van der Waals surface area contributed by atoms with Gasteiger partial charge in [-0.15, -0.1) is 0 Å². The number of aromatic nitrogens is 3. The van der Waals surface area contributed by atoms with Crippen molar-refractivity contribution in [1.29, 1.82) is 0 Å².